The van der Waals surface area contributed by atoms with Crippen molar-refractivity contribution in [3.05, 3.63) is 63.9 Å². The van der Waals surface area contributed by atoms with Gasteiger partial charge in [0.25, 0.3) is 0 Å². The molecule has 0 aliphatic carbocycles. The molecule has 0 saturated carbocycles. The van der Waals surface area contributed by atoms with Gasteiger partial charge in [0, 0.05) is 12.2 Å². The predicted molar refractivity (Wildman–Crippen MR) is 128 cm³/mol. The van der Waals surface area contributed by atoms with Gasteiger partial charge in [0.05, 0.1) is 28.5 Å². The highest BCUT2D eigenvalue weighted by molar-refractivity contribution is 7.99. The number of carbonyl (C=O) groups excluding carboxylic acids is 2. The van der Waals surface area contributed by atoms with Crippen LogP contribution < -0.4 is 10.1 Å². The Balaban J connectivity index is 1.65. The van der Waals surface area contributed by atoms with Crippen molar-refractivity contribution in [2.75, 3.05) is 18.2 Å². The fraction of sp³-hybridized carbons (Fsp3) is 0.273. The highest BCUT2D eigenvalue weighted by Crippen LogP contribution is 2.29. The number of nitrogens with zero attached hydrogens (tertiary/aromatic N) is 3. The Morgan fingerprint density at radius 2 is 1.91 bits per heavy atom. The molecule has 0 aliphatic rings. The average molecular weight is 509 g/mol. The van der Waals surface area contributed by atoms with Gasteiger partial charge in [-0.1, -0.05) is 47.1 Å². The molecule has 8 nitrogen and oxygen atoms in total. The maximum atomic E-state index is 12.5. The number of benzene rings is 2. The Hall–Kier alpha value is -2.75. The van der Waals surface area contributed by atoms with Crippen LogP contribution in [0.3, 0.4) is 0 Å². The van der Waals surface area contributed by atoms with E-state index >= 15 is 0 Å². The van der Waals surface area contributed by atoms with E-state index in [1.165, 1.54) is 31.0 Å². The molecule has 1 amide bonds. The molecule has 1 heterocycles. The Morgan fingerprint density at radius 3 is 2.61 bits per heavy atom. The zero-order valence-electron chi connectivity index (χ0n) is 18.2. The first-order valence-corrected chi connectivity index (χ1v) is 11.7. The number of para-hydroxylation sites is 1. The highest BCUT2D eigenvalue weighted by Gasteiger charge is 2.20. The summed E-state index contributed by atoms with van der Waals surface area (Å²) < 4.78 is 12.5. The zero-order valence-corrected chi connectivity index (χ0v) is 20.5. The van der Waals surface area contributed by atoms with E-state index in [4.69, 9.17) is 32.7 Å². The number of aromatic nitrogens is 3. The van der Waals surface area contributed by atoms with Crippen LogP contribution in [-0.4, -0.2) is 39.5 Å². The minimum atomic E-state index is -0.581. The molecule has 3 rings (SSSR count). The van der Waals surface area contributed by atoms with Crippen molar-refractivity contribution in [1.82, 2.24) is 14.8 Å². The predicted octanol–water partition coefficient (Wildman–Crippen LogP) is 5.26. The number of hydrogen-bond acceptors (Lipinski definition) is 7. The van der Waals surface area contributed by atoms with Crippen LogP contribution in [0.1, 0.15) is 36.1 Å². The van der Waals surface area contributed by atoms with Gasteiger partial charge in [0.15, 0.2) is 17.1 Å². The van der Waals surface area contributed by atoms with E-state index in [-0.39, 0.29) is 22.2 Å². The number of carbonyl (C=O) groups is 2. The second-order valence-electron chi connectivity index (χ2n) is 6.80. The molecular weight excluding hydrogens is 487 g/mol. The first kappa shape index (κ1) is 24.9. The van der Waals surface area contributed by atoms with Crippen LogP contribution in [0.25, 0.3) is 0 Å². The van der Waals surface area contributed by atoms with Crippen LogP contribution in [0.2, 0.25) is 10.0 Å². The topological polar surface area (TPSA) is 95.3 Å². The molecule has 0 radical (unpaired) electrons. The Kier molecular flexibility index (Phi) is 8.60. The van der Waals surface area contributed by atoms with Crippen molar-refractivity contribution >= 4 is 52.5 Å². The number of nitrogens with one attached hydrogen (secondary N) is 1. The van der Waals surface area contributed by atoms with E-state index in [0.29, 0.717) is 34.0 Å². The van der Waals surface area contributed by atoms with Crippen molar-refractivity contribution in [3.63, 3.8) is 0 Å². The summed E-state index contributed by atoms with van der Waals surface area (Å²) in [6.45, 7) is 4.42. The van der Waals surface area contributed by atoms with Gasteiger partial charge in [-0.3, -0.25) is 4.79 Å². The normalized spacial score (nSPS) is 11.7. The Labute approximate surface area is 205 Å². The van der Waals surface area contributed by atoms with Gasteiger partial charge in [0.1, 0.15) is 5.75 Å². The van der Waals surface area contributed by atoms with Crippen molar-refractivity contribution in [3.8, 4) is 5.75 Å². The van der Waals surface area contributed by atoms with Crippen molar-refractivity contribution in [1.29, 1.82) is 0 Å². The molecule has 11 heteroatoms. The molecule has 0 aliphatic heterocycles. The summed E-state index contributed by atoms with van der Waals surface area (Å²) >= 11 is 13.4. The smallest absolute Gasteiger partial charge is 0.339 e. The van der Waals surface area contributed by atoms with Crippen molar-refractivity contribution < 1.29 is 19.1 Å². The number of thioether (sulfide) groups is 1. The van der Waals surface area contributed by atoms with Gasteiger partial charge in [-0.2, -0.15) is 0 Å². The van der Waals surface area contributed by atoms with E-state index in [1.807, 2.05) is 30.5 Å². The van der Waals surface area contributed by atoms with Gasteiger partial charge in [-0.15, -0.1) is 10.2 Å². The van der Waals surface area contributed by atoms with E-state index in [2.05, 4.69) is 15.5 Å². The molecule has 0 bridgehead atoms. The monoisotopic (exact) mass is 508 g/mol. The molecule has 1 N–H and O–H groups in total. The summed E-state index contributed by atoms with van der Waals surface area (Å²) in [7, 11) is 1.26. The SMILES string of the molecule is CCn1c(SCC(=O)Nc2ccc(Cl)c(C(=O)OC)c2)nnc1C(C)Oc1ccccc1Cl. The molecule has 1 atom stereocenters. The third-order valence-corrected chi connectivity index (χ3v) is 6.16. The Morgan fingerprint density at radius 1 is 1.15 bits per heavy atom. The lowest BCUT2D eigenvalue weighted by atomic mass is 10.2. The molecule has 1 aromatic heterocycles. The second kappa shape index (κ2) is 11.4. The highest BCUT2D eigenvalue weighted by atomic mass is 35.5. The molecule has 2 aromatic carbocycles. The Bertz CT molecular complexity index is 1160. The quantitative estimate of drug-likeness (QED) is 0.311. The van der Waals surface area contributed by atoms with Crippen molar-refractivity contribution in [2.45, 2.75) is 31.7 Å². The van der Waals surface area contributed by atoms with Crippen LogP contribution >= 0.6 is 35.0 Å². The lowest BCUT2D eigenvalue weighted by molar-refractivity contribution is -0.113. The van der Waals surface area contributed by atoms with Gasteiger partial charge in [-0.05, 0) is 44.2 Å². The first-order chi connectivity index (χ1) is 15.8. The van der Waals surface area contributed by atoms with E-state index in [9.17, 15) is 9.59 Å². The summed E-state index contributed by atoms with van der Waals surface area (Å²) in [5, 5.41) is 12.5. The fourth-order valence-corrected chi connectivity index (χ4v) is 4.17. The molecule has 33 heavy (non-hydrogen) atoms. The maximum absolute atomic E-state index is 12.5. The third kappa shape index (κ3) is 6.19. The summed E-state index contributed by atoms with van der Waals surface area (Å²) in [6.07, 6.45) is -0.397. The number of ether oxygens (including phenoxy) is 2. The second-order valence-corrected chi connectivity index (χ2v) is 8.56. The van der Waals surface area contributed by atoms with Crippen LogP contribution in [0.15, 0.2) is 47.6 Å². The summed E-state index contributed by atoms with van der Waals surface area (Å²) in [5.41, 5.74) is 0.609. The summed E-state index contributed by atoms with van der Waals surface area (Å²) in [6, 6.07) is 11.8. The van der Waals surface area contributed by atoms with Gasteiger partial charge < -0.3 is 19.4 Å². The first-order valence-electron chi connectivity index (χ1n) is 9.98. The molecule has 3 aromatic rings. The van der Waals surface area contributed by atoms with Gasteiger partial charge in [0.2, 0.25) is 5.91 Å². The van der Waals surface area contributed by atoms with Gasteiger partial charge in [-0.25, -0.2) is 4.79 Å². The number of anilines is 1. The minimum Gasteiger partial charge on any atom is -0.481 e. The molecule has 174 valence electrons. The minimum absolute atomic E-state index is 0.0913. The van der Waals surface area contributed by atoms with E-state index in [0.717, 1.165) is 0 Å². The molecular formula is C22H22Cl2N4O4S. The van der Waals surface area contributed by atoms with Crippen LogP contribution in [0.5, 0.6) is 5.75 Å². The zero-order chi connectivity index (χ0) is 24.0. The summed E-state index contributed by atoms with van der Waals surface area (Å²) in [4.78, 5) is 24.2. The number of amides is 1. The molecule has 0 fully saturated rings. The summed E-state index contributed by atoms with van der Waals surface area (Å²) in [5.74, 6) is 0.419. The fourth-order valence-electron chi connectivity index (χ4n) is 2.98. The van der Waals surface area contributed by atoms with Crippen LogP contribution in [-0.2, 0) is 16.1 Å². The number of halogens is 2. The van der Waals surface area contributed by atoms with E-state index < -0.39 is 12.1 Å². The van der Waals surface area contributed by atoms with Crippen LogP contribution in [0, 0.1) is 0 Å². The van der Waals surface area contributed by atoms with E-state index in [1.54, 1.807) is 18.2 Å². The lowest BCUT2D eigenvalue weighted by Gasteiger charge is -2.16. The average Bonchev–Trinajstić information content (AvgIpc) is 3.23. The number of rotatable bonds is 9. The number of methoxy groups -OCH3 is 1. The van der Waals surface area contributed by atoms with Crippen molar-refractivity contribution in [2.24, 2.45) is 0 Å². The lowest BCUT2D eigenvalue weighted by Crippen LogP contribution is -2.16. The van der Waals surface area contributed by atoms with Gasteiger partial charge >= 0.3 is 5.97 Å². The number of hydrogen-bond donors (Lipinski definition) is 1. The maximum Gasteiger partial charge on any atom is 0.339 e. The third-order valence-electron chi connectivity index (χ3n) is 4.55. The largest absolute Gasteiger partial charge is 0.481 e. The molecule has 0 saturated heterocycles. The standard InChI is InChI=1S/C22H22Cl2N4O4S/c1-4-28-20(13(2)32-18-8-6-5-7-17(18)24)26-27-22(28)33-12-19(29)25-14-9-10-16(23)15(11-14)21(30)31-3/h5-11,13H,4,12H2,1-3H3,(H,25,29). The number of esters is 1. The molecule has 1 unspecified atom stereocenters. The molecule has 0 spiro atoms. The van der Waals surface area contributed by atoms with Crippen LogP contribution in [0.4, 0.5) is 5.69 Å².